The third-order valence-electron chi connectivity index (χ3n) is 3.71. The normalized spacial score (nSPS) is 12.4. The number of non-ortho nitro benzene ring substituents is 1. The molecule has 0 heterocycles. The number of carboxylic acids is 1. The fourth-order valence-corrected chi connectivity index (χ4v) is 4.04. The van der Waals surface area contributed by atoms with Crippen molar-refractivity contribution in [2.24, 2.45) is 0 Å². The van der Waals surface area contributed by atoms with Gasteiger partial charge in [0, 0.05) is 12.1 Å². The number of aryl methyl sites for hydroxylation is 1. The van der Waals surface area contributed by atoms with Gasteiger partial charge in [-0.15, -0.1) is 0 Å². The Labute approximate surface area is 148 Å². The van der Waals surface area contributed by atoms with Crippen molar-refractivity contribution in [2.75, 3.05) is 4.31 Å². The topological polar surface area (TPSA) is 118 Å². The van der Waals surface area contributed by atoms with E-state index in [-0.39, 0.29) is 21.8 Å². The largest absolute Gasteiger partial charge is 0.480 e. The van der Waals surface area contributed by atoms with Gasteiger partial charge in [-0.2, -0.15) is 0 Å². The van der Waals surface area contributed by atoms with E-state index in [1.54, 1.807) is 0 Å². The summed E-state index contributed by atoms with van der Waals surface area (Å²) >= 11 is 0. The summed E-state index contributed by atoms with van der Waals surface area (Å²) in [6, 6.07) is 5.85. The van der Waals surface area contributed by atoms with E-state index >= 15 is 0 Å². The van der Waals surface area contributed by atoms with E-state index in [0.29, 0.717) is 4.31 Å². The Morgan fingerprint density at radius 3 is 2.27 bits per heavy atom. The fourth-order valence-electron chi connectivity index (χ4n) is 2.37. The van der Waals surface area contributed by atoms with Crippen molar-refractivity contribution in [3.8, 4) is 0 Å². The molecule has 0 amide bonds. The Kier molecular flexibility index (Phi) is 5.26. The monoisotopic (exact) mass is 382 g/mol. The van der Waals surface area contributed by atoms with Gasteiger partial charge in [-0.3, -0.25) is 14.4 Å². The van der Waals surface area contributed by atoms with Crippen LogP contribution in [0.1, 0.15) is 12.5 Å². The molecule has 1 N–H and O–H groups in total. The summed E-state index contributed by atoms with van der Waals surface area (Å²) in [5.41, 5.74) is -0.0684. The Bertz CT molecular complexity index is 959. The first-order chi connectivity index (χ1) is 12.1. The molecular formula is C16H15FN2O6S. The van der Waals surface area contributed by atoms with E-state index < -0.39 is 32.8 Å². The number of carboxylic acid groups (broad SMARTS) is 1. The van der Waals surface area contributed by atoms with Crippen molar-refractivity contribution in [3.63, 3.8) is 0 Å². The van der Waals surface area contributed by atoms with Gasteiger partial charge in [0.2, 0.25) is 0 Å². The highest BCUT2D eigenvalue weighted by Gasteiger charge is 2.34. The maximum absolute atomic E-state index is 13.1. The summed E-state index contributed by atoms with van der Waals surface area (Å²) in [5.74, 6) is -2.05. The zero-order valence-electron chi connectivity index (χ0n) is 13.8. The summed E-state index contributed by atoms with van der Waals surface area (Å²) in [7, 11) is -4.35. The highest BCUT2D eigenvalue weighted by molar-refractivity contribution is 7.93. The molecule has 138 valence electrons. The Hall–Kier alpha value is -3.01. The number of halogens is 1. The number of anilines is 1. The van der Waals surface area contributed by atoms with Crippen LogP contribution in [0.25, 0.3) is 0 Å². The first kappa shape index (κ1) is 19.3. The van der Waals surface area contributed by atoms with Crippen LogP contribution in [0.5, 0.6) is 0 Å². The van der Waals surface area contributed by atoms with Crippen molar-refractivity contribution in [2.45, 2.75) is 24.8 Å². The second-order valence-corrected chi connectivity index (χ2v) is 7.31. The quantitative estimate of drug-likeness (QED) is 0.606. The lowest BCUT2D eigenvalue weighted by molar-refractivity contribution is -0.384. The minimum Gasteiger partial charge on any atom is -0.480 e. The number of benzene rings is 2. The lowest BCUT2D eigenvalue weighted by atomic mass is 10.1. The average molecular weight is 382 g/mol. The van der Waals surface area contributed by atoms with E-state index in [1.807, 2.05) is 0 Å². The molecule has 0 aromatic heterocycles. The van der Waals surface area contributed by atoms with Crippen molar-refractivity contribution < 1.29 is 27.6 Å². The van der Waals surface area contributed by atoms with E-state index in [1.165, 1.54) is 19.9 Å². The lowest BCUT2D eigenvalue weighted by Crippen LogP contribution is -2.43. The standard InChI is InChI=1S/C16H15FN2O6S/c1-10-9-13(19(22)23)5-8-15(10)18(11(2)16(20)21)26(24,25)14-6-3-12(17)4-7-14/h3-9,11H,1-2H3,(H,20,21). The Morgan fingerprint density at radius 1 is 1.23 bits per heavy atom. The maximum Gasteiger partial charge on any atom is 0.327 e. The zero-order valence-corrected chi connectivity index (χ0v) is 14.6. The molecule has 1 atom stereocenters. The van der Waals surface area contributed by atoms with Crippen LogP contribution >= 0.6 is 0 Å². The SMILES string of the molecule is Cc1cc([N+](=O)[O-])ccc1N(C(C)C(=O)O)S(=O)(=O)c1ccc(F)cc1. The van der Waals surface area contributed by atoms with Gasteiger partial charge in [0.25, 0.3) is 15.7 Å². The predicted octanol–water partition coefficient (Wildman–Crippen LogP) is 2.71. The molecule has 0 aliphatic rings. The van der Waals surface area contributed by atoms with Crippen molar-refractivity contribution in [1.82, 2.24) is 0 Å². The zero-order chi connectivity index (χ0) is 19.6. The number of rotatable bonds is 6. The van der Waals surface area contributed by atoms with Gasteiger partial charge in [-0.05, 0) is 49.7 Å². The molecule has 1 unspecified atom stereocenters. The molecule has 2 aromatic rings. The molecule has 0 spiro atoms. The van der Waals surface area contributed by atoms with Gasteiger partial charge in [-0.25, -0.2) is 17.6 Å². The average Bonchev–Trinajstić information content (AvgIpc) is 2.56. The molecule has 0 saturated heterocycles. The molecule has 0 saturated carbocycles. The predicted molar refractivity (Wildman–Crippen MR) is 91.0 cm³/mol. The van der Waals surface area contributed by atoms with Crippen molar-refractivity contribution in [3.05, 3.63) is 64.0 Å². The molecule has 0 aliphatic heterocycles. The number of nitrogens with zero attached hydrogens (tertiary/aromatic N) is 2. The molecule has 0 bridgehead atoms. The van der Waals surface area contributed by atoms with Crippen molar-refractivity contribution >= 4 is 27.4 Å². The van der Waals surface area contributed by atoms with Crippen LogP contribution in [0, 0.1) is 22.9 Å². The number of carbonyl (C=O) groups is 1. The van der Waals surface area contributed by atoms with Crippen LogP contribution in [0.3, 0.4) is 0 Å². The van der Waals surface area contributed by atoms with Gasteiger partial charge in [-0.1, -0.05) is 0 Å². The number of nitro benzene ring substituents is 1. The van der Waals surface area contributed by atoms with E-state index in [4.69, 9.17) is 0 Å². The smallest absolute Gasteiger partial charge is 0.327 e. The highest BCUT2D eigenvalue weighted by atomic mass is 32.2. The van der Waals surface area contributed by atoms with E-state index in [9.17, 15) is 32.8 Å². The molecule has 10 heteroatoms. The summed E-state index contributed by atoms with van der Waals surface area (Å²) in [5, 5.41) is 20.2. The van der Waals surface area contributed by atoms with Crippen LogP contribution in [0.4, 0.5) is 15.8 Å². The summed E-state index contributed by atoms with van der Waals surface area (Å²) in [6.07, 6.45) is 0. The first-order valence-corrected chi connectivity index (χ1v) is 8.77. The van der Waals surface area contributed by atoms with Crippen LogP contribution in [0.15, 0.2) is 47.4 Å². The van der Waals surface area contributed by atoms with Gasteiger partial charge >= 0.3 is 5.97 Å². The number of hydrogen-bond acceptors (Lipinski definition) is 5. The number of sulfonamides is 1. The fraction of sp³-hybridized carbons (Fsp3) is 0.188. The third-order valence-corrected chi connectivity index (χ3v) is 5.61. The molecule has 26 heavy (non-hydrogen) atoms. The van der Waals surface area contributed by atoms with Crippen molar-refractivity contribution in [1.29, 1.82) is 0 Å². The molecule has 0 aliphatic carbocycles. The number of nitro groups is 1. The van der Waals surface area contributed by atoms with E-state index in [0.717, 1.165) is 36.4 Å². The lowest BCUT2D eigenvalue weighted by Gasteiger charge is -2.29. The Balaban J connectivity index is 2.66. The van der Waals surface area contributed by atoms with Crippen LogP contribution in [0.2, 0.25) is 0 Å². The maximum atomic E-state index is 13.1. The molecule has 2 aromatic carbocycles. The van der Waals surface area contributed by atoms with Gasteiger partial charge in [0.15, 0.2) is 0 Å². The van der Waals surface area contributed by atoms with E-state index in [2.05, 4.69) is 0 Å². The minimum atomic E-state index is -4.35. The molecule has 0 radical (unpaired) electrons. The summed E-state index contributed by atoms with van der Waals surface area (Å²) in [4.78, 5) is 21.4. The second kappa shape index (κ2) is 7.08. The minimum absolute atomic E-state index is 0.0187. The van der Waals surface area contributed by atoms with Gasteiger partial charge in [0.1, 0.15) is 11.9 Å². The van der Waals surface area contributed by atoms with Crippen LogP contribution in [-0.2, 0) is 14.8 Å². The molecule has 2 rings (SSSR count). The molecule has 8 nitrogen and oxygen atoms in total. The number of hydrogen-bond donors (Lipinski definition) is 1. The number of aliphatic carboxylic acids is 1. The van der Waals surface area contributed by atoms with Crippen LogP contribution < -0.4 is 4.31 Å². The molecular weight excluding hydrogens is 367 g/mol. The van der Waals surface area contributed by atoms with Gasteiger partial charge < -0.3 is 5.11 Å². The Morgan fingerprint density at radius 2 is 1.81 bits per heavy atom. The second-order valence-electron chi connectivity index (χ2n) is 5.50. The first-order valence-electron chi connectivity index (χ1n) is 7.33. The van der Waals surface area contributed by atoms with Crippen LogP contribution in [-0.4, -0.2) is 30.5 Å². The van der Waals surface area contributed by atoms with Gasteiger partial charge in [0.05, 0.1) is 15.5 Å². The molecule has 0 fully saturated rings. The third kappa shape index (κ3) is 3.64. The summed E-state index contributed by atoms with van der Waals surface area (Å²) < 4.78 is 39.7. The highest BCUT2D eigenvalue weighted by Crippen LogP contribution is 2.31. The summed E-state index contributed by atoms with van der Waals surface area (Å²) in [6.45, 7) is 2.61.